The molecule has 1 saturated carbocycles. The maximum Gasteiger partial charge on any atom is 0.227 e. The van der Waals surface area contributed by atoms with Crippen LogP contribution in [0.2, 0.25) is 5.02 Å². The lowest BCUT2D eigenvalue weighted by atomic mass is 10.1. The number of carbonyl (C=O) groups excluding carboxylic acids is 1. The SMILES string of the molecule is Nc1ccc(Cl)cc1NC(=O)C1CCCC1. The molecule has 86 valence electrons. The summed E-state index contributed by atoms with van der Waals surface area (Å²) in [6.45, 7) is 0. The first-order valence-corrected chi connectivity index (χ1v) is 5.90. The van der Waals surface area contributed by atoms with Crippen molar-refractivity contribution in [1.82, 2.24) is 0 Å². The molecule has 0 spiro atoms. The molecule has 0 aromatic heterocycles. The van der Waals surface area contributed by atoms with E-state index in [4.69, 9.17) is 17.3 Å². The zero-order chi connectivity index (χ0) is 11.5. The Morgan fingerprint density at radius 3 is 2.75 bits per heavy atom. The summed E-state index contributed by atoms with van der Waals surface area (Å²) in [5.74, 6) is 0.199. The number of benzene rings is 1. The van der Waals surface area contributed by atoms with Gasteiger partial charge in [0.05, 0.1) is 11.4 Å². The fourth-order valence-electron chi connectivity index (χ4n) is 2.06. The van der Waals surface area contributed by atoms with Crippen LogP contribution >= 0.6 is 11.6 Å². The lowest BCUT2D eigenvalue weighted by Gasteiger charge is -2.12. The third-order valence-corrected chi connectivity index (χ3v) is 3.23. The van der Waals surface area contributed by atoms with Gasteiger partial charge in [0.2, 0.25) is 5.91 Å². The molecule has 0 unspecified atom stereocenters. The van der Waals surface area contributed by atoms with Gasteiger partial charge in [0, 0.05) is 10.9 Å². The lowest BCUT2D eigenvalue weighted by molar-refractivity contribution is -0.119. The number of rotatable bonds is 2. The number of nitrogen functional groups attached to an aromatic ring is 1. The predicted molar refractivity (Wildman–Crippen MR) is 66.5 cm³/mol. The lowest BCUT2D eigenvalue weighted by Crippen LogP contribution is -2.20. The molecule has 0 bridgehead atoms. The highest BCUT2D eigenvalue weighted by Gasteiger charge is 2.22. The smallest absolute Gasteiger partial charge is 0.227 e. The number of anilines is 2. The van der Waals surface area contributed by atoms with E-state index >= 15 is 0 Å². The van der Waals surface area contributed by atoms with E-state index in [0.717, 1.165) is 25.7 Å². The summed E-state index contributed by atoms with van der Waals surface area (Å²) in [6.07, 6.45) is 4.24. The van der Waals surface area contributed by atoms with Crippen LogP contribution in [0.5, 0.6) is 0 Å². The van der Waals surface area contributed by atoms with Crippen molar-refractivity contribution in [3.63, 3.8) is 0 Å². The van der Waals surface area contributed by atoms with Crippen LogP contribution in [0.4, 0.5) is 11.4 Å². The molecular formula is C12H15ClN2O. The molecule has 0 saturated heterocycles. The van der Waals surface area contributed by atoms with Crippen LogP contribution in [0.15, 0.2) is 18.2 Å². The molecule has 1 aliphatic rings. The van der Waals surface area contributed by atoms with Crippen LogP contribution in [0.3, 0.4) is 0 Å². The first-order valence-electron chi connectivity index (χ1n) is 5.52. The van der Waals surface area contributed by atoms with Gasteiger partial charge in [0.25, 0.3) is 0 Å². The molecule has 4 heteroatoms. The van der Waals surface area contributed by atoms with Crippen molar-refractivity contribution in [1.29, 1.82) is 0 Å². The van der Waals surface area contributed by atoms with Gasteiger partial charge in [-0.3, -0.25) is 4.79 Å². The average Bonchev–Trinajstić information content (AvgIpc) is 2.76. The molecule has 0 radical (unpaired) electrons. The summed E-state index contributed by atoms with van der Waals surface area (Å²) in [6, 6.07) is 5.10. The molecule has 0 aliphatic heterocycles. The van der Waals surface area contributed by atoms with Crippen molar-refractivity contribution in [2.24, 2.45) is 5.92 Å². The van der Waals surface area contributed by atoms with Gasteiger partial charge in [0.15, 0.2) is 0 Å². The fourth-order valence-corrected chi connectivity index (χ4v) is 2.23. The molecule has 1 amide bonds. The highest BCUT2D eigenvalue weighted by molar-refractivity contribution is 6.31. The topological polar surface area (TPSA) is 55.1 Å². The normalized spacial score (nSPS) is 16.3. The minimum atomic E-state index is 0.0615. The predicted octanol–water partition coefficient (Wildman–Crippen LogP) is 3.05. The second-order valence-corrected chi connectivity index (χ2v) is 4.64. The summed E-state index contributed by atoms with van der Waals surface area (Å²) >= 11 is 5.85. The highest BCUT2D eigenvalue weighted by atomic mass is 35.5. The second-order valence-electron chi connectivity index (χ2n) is 4.20. The van der Waals surface area contributed by atoms with Gasteiger partial charge in [-0.1, -0.05) is 24.4 Å². The van der Waals surface area contributed by atoms with Crippen molar-refractivity contribution < 1.29 is 4.79 Å². The molecule has 3 N–H and O–H groups in total. The first-order chi connectivity index (χ1) is 7.66. The molecule has 1 aromatic rings. The summed E-state index contributed by atoms with van der Waals surface area (Å²) in [7, 11) is 0. The van der Waals surface area contributed by atoms with Crippen LogP contribution in [-0.4, -0.2) is 5.91 Å². The minimum Gasteiger partial charge on any atom is -0.397 e. The van der Waals surface area contributed by atoms with Crippen molar-refractivity contribution in [2.45, 2.75) is 25.7 Å². The molecule has 1 aliphatic carbocycles. The monoisotopic (exact) mass is 238 g/mol. The summed E-state index contributed by atoms with van der Waals surface area (Å²) in [5.41, 5.74) is 6.93. The van der Waals surface area contributed by atoms with Gasteiger partial charge >= 0.3 is 0 Å². The molecule has 3 nitrogen and oxygen atoms in total. The largest absolute Gasteiger partial charge is 0.397 e. The molecule has 1 fully saturated rings. The number of nitrogens with one attached hydrogen (secondary N) is 1. The van der Waals surface area contributed by atoms with E-state index < -0.39 is 0 Å². The quantitative estimate of drug-likeness (QED) is 0.778. The Balaban J connectivity index is 2.07. The average molecular weight is 239 g/mol. The Kier molecular flexibility index (Phi) is 3.34. The second kappa shape index (κ2) is 4.74. The standard InChI is InChI=1S/C12H15ClN2O/c13-9-5-6-10(14)11(7-9)15-12(16)8-3-1-2-4-8/h5-8H,1-4,14H2,(H,15,16). The molecule has 16 heavy (non-hydrogen) atoms. The van der Waals surface area contributed by atoms with Crippen LogP contribution < -0.4 is 11.1 Å². The zero-order valence-corrected chi connectivity index (χ0v) is 9.76. The molecular weight excluding hydrogens is 224 g/mol. The number of halogens is 1. The van der Waals surface area contributed by atoms with Crippen molar-refractivity contribution in [2.75, 3.05) is 11.1 Å². The molecule has 2 rings (SSSR count). The number of amides is 1. The zero-order valence-electron chi connectivity index (χ0n) is 9.00. The van der Waals surface area contributed by atoms with Gasteiger partial charge in [-0.15, -0.1) is 0 Å². The van der Waals surface area contributed by atoms with Crippen LogP contribution in [0.25, 0.3) is 0 Å². The maximum atomic E-state index is 11.9. The van der Waals surface area contributed by atoms with Gasteiger partial charge in [-0.25, -0.2) is 0 Å². The van der Waals surface area contributed by atoms with Gasteiger partial charge in [-0.05, 0) is 31.0 Å². The Labute approximate surface area is 100.0 Å². The van der Waals surface area contributed by atoms with E-state index in [1.54, 1.807) is 18.2 Å². The first kappa shape index (κ1) is 11.3. The number of hydrogen-bond acceptors (Lipinski definition) is 2. The number of hydrogen-bond donors (Lipinski definition) is 2. The van der Waals surface area contributed by atoms with Crippen LogP contribution in [0, 0.1) is 5.92 Å². The minimum absolute atomic E-state index is 0.0615. The Bertz CT molecular complexity index is 400. The number of carbonyl (C=O) groups is 1. The summed E-state index contributed by atoms with van der Waals surface area (Å²) in [4.78, 5) is 11.9. The van der Waals surface area contributed by atoms with E-state index in [0.29, 0.717) is 16.4 Å². The third-order valence-electron chi connectivity index (χ3n) is 3.00. The van der Waals surface area contributed by atoms with Gasteiger partial charge in [0.1, 0.15) is 0 Å². The Morgan fingerprint density at radius 2 is 2.06 bits per heavy atom. The Morgan fingerprint density at radius 1 is 1.38 bits per heavy atom. The van der Waals surface area contributed by atoms with E-state index in [9.17, 15) is 4.79 Å². The van der Waals surface area contributed by atoms with Crippen molar-refractivity contribution in [3.8, 4) is 0 Å². The molecule has 0 atom stereocenters. The van der Waals surface area contributed by atoms with E-state index in [1.165, 1.54) is 0 Å². The fraction of sp³-hybridized carbons (Fsp3) is 0.417. The highest BCUT2D eigenvalue weighted by Crippen LogP contribution is 2.28. The third kappa shape index (κ3) is 2.47. The maximum absolute atomic E-state index is 11.9. The molecule has 0 heterocycles. The van der Waals surface area contributed by atoms with E-state index in [-0.39, 0.29) is 11.8 Å². The molecule has 1 aromatic carbocycles. The van der Waals surface area contributed by atoms with Crippen LogP contribution in [-0.2, 0) is 4.79 Å². The Hall–Kier alpha value is -1.22. The summed E-state index contributed by atoms with van der Waals surface area (Å²) in [5, 5.41) is 3.42. The van der Waals surface area contributed by atoms with Gasteiger partial charge < -0.3 is 11.1 Å². The summed E-state index contributed by atoms with van der Waals surface area (Å²) < 4.78 is 0. The van der Waals surface area contributed by atoms with E-state index in [2.05, 4.69) is 5.32 Å². The van der Waals surface area contributed by atoms with Crippen molar-refractivity contribution >= 4 is 28.9 Å². The van der Waals surface area contributed by atoms with Crippen molar-refractivity contribution in [3.05, 3.63) is 23.2 Å². The number of nitrogens with two attached hydrogens (primary N) is 1. The van der Waals surface area contributed by atoms with E-state index in [1.807, 2.05) is 0 Å². The van der Waals surface area contributed by atoms with Crippen LogP contribution in [0.1, 0.15) is 25.7 Å². The van der Waals surface area contributed by atoms with Gasteiger partial charge in [-0.2, -0.15) is 0 Å².